The van der Waals surface area contributed by atoms with Crippen LogP contribution in [-0.4, -0.2) is 44.9 Å². The molecule has 0 aromatic heterocycles. The van der Waals surface area contributed by atoms with Crippen LogP contribution in [0.25, 0.3) is 0 Å². The van der Waals surface area contributed by atoms with Crippen molar-refractivity contribution in [2.75, 3.05) is 5.75 Å². The summed E-state index contributed by atoms with van der Waals surface area (Å²) in [5.74, 6) is -1.80. The van der Waals surface area contributed by atoms with Crippen molar-refractivity contribution < 1.29 is 23.7 Å². The molecule has 3 N–H and O–H groups in total. The molecule has 8 heteroatoms. The standard InChI is InChI=1S/C15H18N2O5S/c18-13-7-6-11(16-13)14(19)17-12(15(20)21)8-9-23(22)10-4-2-1-3-5-10/h1-5,11-12H,6-9H2,(H,16,18)(H,17,19)(H,20,21)/t11-,12+,23-/m0/s1. The van der Waals surface area contributed by atoms with Gasteiger partial charge in [-0.15, -0.1) is 0 Å². The molecule has 0 aliphatic carbocycles. The van der Waals surface area contributed by atoms with Gasteiger partial charge >= 0.3 is 5.97 Å². The molecule has 1 aliphatic rings. The third-order valence-corrected chi connectivity index (χ3v) is 4.93. The maximum atomic E-state index is 12.1. The van der Waals surface area contributed by atoms with Crippen LogP contribution >= 0.6 is 0 Å². The molecule has 0 unspecified atom stereocenters. The van der Waals surface area contributed by atoms with E-state index in [2.05, 4.69) is 10.6 Å². The summed E-state index contributed by atoms with van der Waals surface area (Å²) in [6, 6.07) is 6.91. The van der Waals surface area contributed by atoms with Gasteiger partial charge in [0.1, 0.15) is 12.1 Å². The second kappa shape index (κ2) is 7.87. The quantitative estimate of drug-likeness (QED) is 0.649. The minimum absolute atomic E-state index is 0.0449. The van der Waals surface area contributed by atoms with Gasteiger partial charge in [0.15, 0.2) is 0 Å². The smallest absolute Gasteiger partial charge is 0.326 e. The number of carbonyl (C=O) groups excluding carboxylic acids is 2. The first kappa shape index (κ1) is 17.1. The van der Waals surface area contributed by atoms with Crippen molar-refractivity contribution in [1.29, 1.82) is 0 Å². The summed E-state index contributed by atoms with van der Waals surface area (Å²) in [5.41, 5.74) is 0. The molecule has 1 fully saturated rings. The molecule has 2 rings (SSSR count). The van der Waals surface area contributed by atoms with Gasteiger partial charge in [-0.1, -0.05) is 18.2 Å². The van der Waals surface area contributed by atoms with Gasteiger partial charge in [0.05, 0.1) is 10.8 Å². The first-order chi connectivity index (χ1) is 11.0. The molecule has 0 saturated carbocycles. The van der Waals surface area contributed by atoms with Crippen molar-refractivity contribution >= 4 is 28.6 Å². The lowest BCUT2D eigenvalue weighted by atomic mass is 10.1. The maximum Gasteiger partial charge on any atom is 0.326 e. The second-order valence-corrected chi connectivity index (χ2v) is 6.78. The molecule has 124 valence electrons. The Kier molecular flexibility index (Phi) is 5.86. The molecule has 0 radical (unpaired) electrons. The highest BCUT2D eigenvalue weighted by Crippen LogP contribution is 2.10. The van der Waals surface area contributed by atoms with Gasteiger partial charge < -0.3 is 15.7 Å². The maximum absolute atomic E-state index is 12.1. The van der Waals surface area contributed by atoms with Crippen LogP contribution in [0.15, 0.2) is 35.2 Å². The highest BCUT2D eigenvalue weighted by Gasteiger charge is 2.30. The molecular weight excluding hydrogens is 320 g/mol. The Morgan fingerprint density at radius 1 is 1.35 bits per heavy atom. The van der Waals surface area contributed by atoms with Crippen LogP contribution in [0.2, 0.25) is 0 Å². The van der Waals surface area contributed by atoms with E-state index in [1.54, 1.807) is 30.3 Å². The number of nitrogens with one attached hydrogen (secondary N) is 2. The summed E-state index contributed by atoms with van der Waals surface area (Å²) in [4.78, 5) is 34.9. The number of amides is 2. The number of hydrogen-bond donors (Lipinski definition) is 3. The van der Waals surface area contributed by atoms with Gasteiger partial charge in [0, 0.05) is 17.1 Å². The van der Waals surface area contributed by atoms with E-state index in [0.717, 1.165) is 0 Å². The molecule has 0 bridgehead atoms. The topological polar surface area (TPSA) is 113 Å². The number of aliphatic carboxylic acids is 1. The molecule has 2 amide bonds. The summed E-state index contributed by atoms with van der Waals surface area (Å²) in [6.07, 6.45) is 0.657. The third kappa shape index (κ3) is 4.88. The molecule has 1 aromatic carbocycles. The fraction of sp³-hybridized carbons (Fsp3) is 0.400. The lowest BCUT2D eigenvalue weighted by molar-refractivity contribution is -0.142. The van der Waals surface area contributed by atoms with E-state index in [-0.39, 0.29) is 24.5 Å². The number of carboxylic acids is 1. The van der Waals surface area contributed by atoms with Crippen molar-refractivity contribution in [3.63, 3.8) is 0 Å². The van der Waals surface area contributed by atoms with Gasteiger partial charge in [0.2, 0.25) is 11.8 Å². The van der Waals surface area contributed by atoms with Gasteiger partial charge in [-0.25, -0.2) is 4.79 Å². The summed E-state index contributed by atoms with van der Waals surface area (Å²) in [5, 5.41) is 14.1. The number of rotatable bonds is 7. The van der Waals surface area contributed by atoms with Crippen LogP contribution in [0.3, 0.4) is 0 Å². The van der Waals surface area contributed by atoms with E-state index in [1.165, 1.54) is 0 Å². The van der Waals surface area contributed by atoms with Crippen molar-refractivity contribution in [3.8, 4) is 0 Å². The Morgan fingerprint density at radius 2 is 2.04 bits per heavy atom. The Labute approximate surface area is 135 Å². The summed E-state index contributed by atoms with van der Waals surface area (Å²) in [6.45, 7) is 0. The average molecular weight is 338 g/mol. The SMILES string of the molecule is O=C1CC[C@@H](C(=O)N[C@H](CC[S@](=O)c2ccccc2)C(=O)O)N1. The molecule has 0 spiro atoms. The minimum atomic E-state index is -1.33. The first-order valence-electron chi connectivity index (χ1n) is 7.23. The zero-order valence-electron chi connectivity index (χ0n) is 12.4. The number of hydrogen-bond acceptors (Lipinski definition) is 4. The van der Waals surface area contributed by atoms with Crippen LogP contribution < -0.4 is 10.6 Å². The fourth-order valence-electron chi connectivity index (χ4n) is 2.26. The Bertz CT molecular complexity index is 620. The van der Waals surface area contributed by atoms with E-state index in [9.17, 15) is 23.7 Å². The Hall–Kier alpha value is -2.22. The van der Waals surface area contributed by atoms with Crippen molar-refractivity contribution in [2.45, 2.75) is 36.2 Å². The fourth-order valence-corrected chi connectivity index (χ4v) is 3.40. The number of carbonyl (C=O) groups is 3. The molecule has 3 atom stereocenters. The molecule has 1 aliphatic heterocycles. The second-order valence-electron chi connectivity index (χ2n) is 5.21. The number of carboxylic acid groups (broad SMARTS) is 1. The summed E-state index contributed by atoms with van der Waals surface area (Å²) < 4.78 is 12.1. The van der Waals surface area contributed by atoms with Crippen LogP contribution in [0.5, 0.6) is 0 Å². The largest absolute Gasteiger partial charge is 0.480 e. The minimum Gasteiger partial charge on any atom is -0.480 e. The molecule has 1 saturated heterocycles. The lowest BCUT2D eigenvalue weighted by Gasteiger charge is -2.17. The molecular formula is C15H18N2O5S. The first-order valence-corrected chi connectivity index (χ1v) is 8.55. The number of benzene rings is 1. The molecule has 1 heterocycles. The molecule has 7 nitrogen and oxygen atoms in total. The van der Waals surface area contributed by atoms with Crippen molar-refractivity contribution in [1.82, 2.24) is 10.6 Å². The predicted octanol–water partition coefficient (Wildman–Crippen LogP) is 0.0323. The zero-order valence-corrected chi connectivity index (χ0v) is 13.2. The van der Waals surface area contributed by atoms with Gasteiger partial charge in [-0.05, 0) is 25.0 Å². The Balaban J connectivity index is 1.89. The summed E-state index contributed by atoms with van der Waals surface area (Å²) >= 11 is 0. The van der Waals surface area contributed by atoms with Crippen LogP contribution in [0.4, 0.5) is 0 Å². The predicted molar refractivity (Wildman–Crippen MR) is 83.1 cm³/mol. The molecule has 23 heavy (non-hydrogen) atoms. The summed E-state index contributed by atoms with van der Waals surface area (Å²) in [7, 11) is -1.33. The zero-order chi connectivity index (χ0) is 16.8. The van der Waals surface area contributed by atoms with Crippen LogP contribution in [0, 0.1) is 0 Å². The van der Waals surface area contributed by atoms with E-state index in [0.29, 0.717) is 11.3 Å². The van der Waals surface area contributed by atoms with E-state index < -0.39 is 34.8 Å². The van der Waals surface area contributed by atoms with Gasteiger partial charge in [-0.2, -0.15) is 0 Å². The Morgan fingerprint density at radius 3 is 2.61 bits per heavy atom. The van der Waals surface area contributed by atoms with E-state index in [4.69, 9.17) is 0 Å². The highest BCUT2D eigenvalue weighted by molar-refractivity contribution is 7.85. The highest BCUT2D eigenvalue weighted by atomic mass is 32.2. The third-order valence-electron chi connectivity index (χ3n) is 3.52. The van der Waals surface area contributed by atoms with Crippen LogP contribution in [-0.2, 0) is 25.2 Å². The van der Waals surface area contributed by atoms with Crippen molar-refractivity contribution in [2.24, 2.45) is 0 Å². The van der Waals surface area contributed by atoms with Crippen molar-refractivity contribution in [3.05, 3.63) is 30.3 Å². The van der Waals surface area contributed by atoms with Gasteiger partial charge in [0.25, 0.3) is 0 Å². The molecule has 1 aromatic rings. The van der Waals surface area contributed by atoms with Crippen LogP contribution in [0.1, 0.15) is 19.3 Å². The normalized spacial score (nSPS) is 19.7. The van der Waals surface area contributed by atoms with E-state index >= 15 is 0 Å². The monoisotopic (exact) mass is 338 g/mol. The lowest BCUT2D eigenvalue weighted by Crippen LogP contribution is -2.49. The average Bonchev–Trinajstić information content (AvgIpc) is 2.98. The van der Waals surface area contributed by atoms with E-state index in [1.807, 2.05) is 0 Å². The van der Waals surface area contributed by atoms with Gasteiger partial charge in [-0.3, -0.25) is 13.8 Å².